The number of ether oxygens (including phenoxy) is 2. The molecule has 5 nitrogen and oxygen atoms in total. The highest BCUT2D eigenvalue weighted by molar-refractivity contribution is 5.78. The Morgan fingerprint density at radius 3 is 3.00 bits per heavy atom. The fourth-order valence-electron chi connectivity index (χ4n) is 2.04. The topological polar surface area (TPSA) is 64.8 Å². The number of morpholine rings is 1. The van der Waals surface area contributed by atoms with Gasteiger partial charge in [-0.25, -0.2) is 0 Å². The summed E-state index contributed by atoms with van der Waals surface area (Å²) in [6.45, 7) is 3.67. The Labute approximate surface area is 89.5 Å². The van der Waals surface area contributed by atoms with Gasteiger partial charge in [0.05, 0.1) is 13.2 Å². The van der Waals surface area contributed by atoms with Crippen molar-refractivity contribution in [2.24, 2.45) is 11.7 Å². The lowest BCUT2D eigenvalue weighted by Crippen LogP contribution is -2.49. The first-order valence-corrected chi connectivity index (χ1v) is 5.46. The molecule has 0 bridgehead atoms. The van der Waals surface area contributed by atoms with E-state index in [9.17, 15) is 4.79 Å². The average Bonchev–Trinajstić information content (AvgIpc) is 2.74. The number of nitrogens with two attached hydrogens (primary N) is 1. The standard InChI is InChI=1S/C10H18N2O3/c11-9(8-1-3-14-6-8)5-12-2-4-15-7-10(12)13/h8-9H,1-7,11H2. The van der Waals surface area contributed by atoms with E-state index in [0.717, 1.165) is 19.6 Å². The second-order valence-corrected chi connectivity index (χ2v) is 4.18. The molecule has 2 fully saturated rings. The summed E-state index contributed by atoms with van der Waals surface area (Å²) in [6, 6.07) is 0.0366. The van der Waals surface area contributed by atoms with Gasteiger partial charge in [0.1, 0.15) is 6.61 Å². The summed E-state index contributed by atoms with van der Waals surface area (Å²) in [4.78, 5) is 13.3. The van der Waals surface area contributed by atoms with Crippen LogP contribution in [0.2, 0.25) is 0 Å². The minimum absolute atomic E-state index is 0.0366. The molecule has 0 spiro atoms. The Bertz CT molecular complexity index is 229. The van der Waals surface area contributed by atoms with E-state index in [2.05, 4.69) is 0 Å². The number of carbonyl (C=O) groups is 1. The fraction of sp³-hybridized carbons (Fsp3) is 0.900. The molecule has 0 aliphatic carbocycles. The molecule has 86 valence electrons. The highest BCUT2D eigenvalue weighted by atomic mass is 16.5. The zero-order valence-corrected chi connectivity index (χ0v) is 8.85. The molecule has 0 saturated carbocycles. The van der Waals surface area contributed by atoms with Crippen molar-refractivity contribution < 1.29 is 14.3 Å². The molecule has 5 heteroatoms. The third-order valence-electron chi connectivity index (χ3n) is 3.09. The largest absolute Gasteiger partial charge is 0.381 e. The van der Waals surface area contributed by atoms with Crippen molar-refractivity contribution in [2.45, 2.75) is 12.5 Å². The van der Waals surface area contributed by atoms with Crippen LogP contribution in [-0.4, -0.2) is 56.4 Å². The van der Waals surface area contributed by atoms with Crippen LogP contribution in [0, 0.1) is 5.92 Å². The van der Waals surface area contributed by atoms with Crippen LogP contribution in [0.25, 0.3) is 0 Å². The average molecular weight is 214 g/mol. The van der Waals surface area contributed by atoms with Crippen LogP contribution in [-0.2, 0) is 14.3 Å². The van der Waals surface area contributed by atoms with Gasteiger partial charge >= 0.3 is 0 Å². The fourth-order valence-corrected chi connectivity index (χ4v) is 2.04. The van der Waals surface area contributed by atoms with Gasteiger partial charge in [0, 0.05) is 31.7 Å². The molecule has 2 aliphatic heterocycles. The van der Waals surface area contributed by atoms with Crippen LogP contribution >= 0.6 is 0 Å². The van der Waals surface area contributed by atoms with Gasteiger partial charge < -0.3 is 20.1 Å². The van der Waals surface area contributed by atoms with Crippen LogP contribution < -0.4 is 5.73 Å². The minimum atomic E-state index is 0.0366. The van der Waals surface area contributed by atoms with E-state index >= 15 is 0 Å². The third kappa shape index (κ3) is 2.68. The lowest BCUT2D eigenvalue weighted by Gasteiger charge is -2.30. The van der Waals surface area contributed by atoms with Crippen molar-refractivity contribution in [1.29, 1.82) is 0 Å². The van der Waals surface area contributed by atoms with Crippen molar-refractivity contribution in [3.63, 3.8) is 0 Å². The quantitative estimate of drug-likeness (QED) is 0.668. The smallest absolute Gasteiger partial charge is 0.248 e. The molecular weight excluding hydrogens is 196 g/mol. The Morgan fingerprint density at radius 1 is 1.47 bits per heavy atom. The Morgan fingerprint density at radius 2 is 2.33 bits per heavy atom. The van der Waals surface area contributed by atoms with Crippen LogP contribution in [0.5, 0.6) is 0 Å². The number of carbonyl (C=O) groups excluding carboxylic acids is 1. The first-order valence-electron chi connectivity index (χ1n) is 5.46. The summed E-state index contributed by atoms with van der Waals surface area (Å²) >= 11 is 0. The minimum Gasteiger partial charge on any atom is -0.381 e. The molecule has 15 heavy (non-hydrogen) atoms. The zero-order valence-electron chi connectivity index (χ0n) is 8.85. The monoisotopic (exact) mass is 214 g/mol. The summed E-state index contributed by atoms with van der Waals surface area (Å²) in [5, 5.41) is 0. The second kappa shape index (κ2) is 4.92. The molecule has 0 aromatic carbocycles. The van der Waals surface area contributed by atoms with E-state index < -0.39 is 0 Å². The molecule has 2 saturated heterocycles. The molecule has 0 radical (unpaired) electrons. The number of amides is 1. The molecule has 0 aromatic heterocycles. The van der Waals surface area contributed by atoms with Gasteiger partial charge in [-0.2, -0.15) is 0 Å². The first kappa shape index (κ1) is 10.9. The normalized spacial score (nSPS) is 29.5. The molecule has 2 atom stereocenters. The highest BCUT2D eigenvalue weighted by Gasteiger charge is 2.27. The van der Waals surface area contributed by atoms with Gasteiger partial charge in [-0.15, -0.1) is 0 Å². The summed E-state index contributed by atoms with van der Waals surface area (Å²) in [7, 11) is 0. The van der Waals surface area contributed by atoms with Crippen LogP contribution in [0.3, 0.4) is 0 Å². The Balaban J connectivity index is 1.81. The van der Waals surface area contributed by atoms with Gasteiger partial charge in [-0.3, -0.25) is 4.79 Å². The van der Waals surface area contributed by atoms with Gasteiger partial charge in [-0.05, 0) is 6.42 Å². The number of rotatable bonds is 3. The molecule has 2 heterocycles. The summed E-state index contributed by atoms with van der Waals surface area (Å²) in [6.07, 6.45) is 1.01. The van der Waals surface area contributed by atoms with Crippen molar-refractivity contribution in [2.75, 3.05) is 39.5 Å². The van der Waals surface area contributed by atoms with E-state index in [1.54, 1.807) is 4.90 Å². The Hall–Kier alpha value is -0.650. The maximum atomic E-state index is 11.5. The number of nitrogens with zero attached hydrogens (tertiary/aromatic N) is 1. The molecule has 1 amide bonds. The van der Waals surface area contributed by atoms with Crippen LogP contribution in [0.1, 0.15) is 6.42 Å². The van der Waals surface area contributed by atoms with Gasteiger partial charge in [0.2, 0.25) is 5.91 Å². The van der Waals surface area contributed by atoms with Crippen molar-refractivity contribution in [1.82, 2.24) is 4.90 Å². The maximum absolute atomic E-state index is 11.5. The zero-order chi connectivity index (χ0) is 10.7. The second-order valence-electron chi connectivity index (χ2n) is 4.18. The third-order valence-corrected chi connectivity index (χ3v) is 3.09. The van der Waals surface area contributed by atoms with Gasteiger partial charge in [0.15, 0.2) is 0 Å². The lowest BCUT2D eigenvalue weighted by molar-refractivity contribution is -0.143. The number of hydrogen-bond donors (Lipinski definition) is 1. The molecule has 2 aliphatic rings. The van der Waals surface area contributed by atoms with E-state index in [1.165, 1.54) is 0 Å². The first-order chi connectivity index (χ1) is 7.27. The maximum Gasteiger partial charge on any atom is 0.248 e. The predicted molar refractivity (Wildman–Crippen MR) is 54.3 cm³/mol. The van der Waals surface area contributed by atoms with E-state index in [1.807, 2.05) is 0 Å². The van der Waals surface area contributed by atoms with Gasteiger partial charge in [0.25, 0.3) is 0 Å². The van der Waals surface area contributed by atoms with E-state index in [0.29, 0.717) is 25.6 Å². The van der Waals surface area contributed by atoms with Crippen LogP contribution in [0.15, 0.2) is 0 Å². The molecule has 0 aromatic rings. The summed E-state index contributed by atoms with van der Waals surface area (Å²) < 4.78 is 10.3. The van der Waals surface area contributed by atoms with Crippen molar-refractivity contribution in [3.8, 4) is 0 Å². The lowest BCUT2D eigenvalue weighted by atomic mass is 9.99. The van der Waals surface area contributed by atoms with Crippen molar-refractivity contribution >= 4 is 5.91 Å². The van der Waals surface area contributed by atoms with E-state index in [4.69, 9.17) is 15.2 Å². The SMILES string of the molecule is NC(CN1CCOCC1=O)C1CCOC1. The van der Waals surface area contributed by atoms with Crippen molar-refractivity contribution in [3.05, 3.63) is 0 Å². The highest BCUT2D eigenvalue weighted by Crippen LogP contribution is 2.16. The predicted octanol–water partition coefficient (Wildman–Crippen LogP) is -0.791. The van der Waals surface area contributed by atoms with E-state index in [-0.39, 0.29) is 18.6 Å². The summed E-state index contributed by atoms with van der Waals surface area (Å²) in [5.41, 5.74) is 6.06. The van der Waals surface area contributed by atoms with Crippen LogP contribution in [0.4, 0.5) is 0 Å². The Kier molecular flexibility index (Phi) is 3.56. The molecular formula is C10H18N2O3. The van der Waals surface area contributed by atoms with Gasteiger partial charge in [-0.1, -0.05) is 0 Å². The summed E-state index contributed by atoms with van der Waals surface area (Å²) in [5.74, 6) is 0.455. The molecule has 2 N–H and O–H groups in total. The number of hydrogen-bond acceptors (Lipinski definition) is 4. The molecule has 2 unspecified atom stereocenters. The molecule has 2 rings (SSSR count).